The predicted octanol–water partition coefficient (Wildman–Crippen LogP) is 5.59. The van der Waals surface area contributed by atoms with Gasteiger partial charge >= 0.3 is 0 Å². The van der Waals surface area contributed by atoms with Gasteiger partial charge in [0.15, 0.2) is 5.82 Å². The largest absolute Gasteiger partial charge is 0.361 e. The summed E-state index contributed by atoms with van der Waals surface area (Å²) in [5.74, 6) is 1.28. The van der Waals surface area contributed by atoms with Crippen LogP contribution in [0.3, 0.4) is 0 Å². The van der Waals surface area contributed by atoms with E-state index >= 15 is 0 Å². The summed E-state index contributed by atoms with van der Waals surface area (Å²) in [6.45, 7) is 2.93. The molecule has 0 amide bonds. The zero-order valence-electron chi connectivity index (χ0n) is 16.3. The maximum atomic E-state index is 13.8. The van der Waals surface area contributed by atoms with Gasteiger partial charge in [-0.1, -0.05) is 43.9 Å². The lowest BCUT2D eigenvalue weighted by Gasteiger charge is -2.33. The van der Waals surface area contributed by atoms with Crippen molar-refractivity contribution < 1.29 is 4.79 Å². The molecule has 1 saturated carbocycles. The third-order valence-electron chi connectivity index (χ3n) is 5.74. The van der Waals surface area contributed by atoms with Gasteiger partial charge in [0.05, 0.1) is 6.04 Å². The van der Waals surface area contributed by atoms with Crippen molar-refractivity contribution in [2.24, 2.45) is 5.92 Å². The van der Waals surface area contributed by atoms with Gasteiger partial charge < -0.3 is 4.90 Å². The lowest BCUT2D eigenvalue weighted by molar-refractivity contribution is 0.0932. The summed E-state index contributed by atoms with van der Waals surface area (Å²) < 4.78 is 1.94. The van der Waals surface area contributed by atoms with E-state index in [-0.39, 0.29) is 11.8 Å². The monoisotopic (exact) mass is 393 g/mol. The summed E-state index contributed by atoms with van der Waals surface area (Å²) in [6, 6.07) is 14.2. The molecule has 1 fully saturated rings. The van der Waals surface area contributed by atoms with Crippen molar-refractivity contribution in [3.63, 3.8) is 0 Å². The molecule has 5 heteroatoms. The molecule has 0 aliphatic heterocycles. The fourth-order valence-corrected chi connectivity index (χ4v) is 5.07. The Morgan fingerprint density at radius 1 is 1.21 bits per heavy atom. The van der Waals surface area contributed by atoms with Crippen LogP contribution < -0.4 is 4.90 Å². The highest BCUT2D eigenvalue weighted by Gasteiger charge is 2.32. The number of ketones is 1. The molecule has 0 radical (unpaired) electrons. The third-order valence-corrected chi connectivity index (χ3v) is 6.61. The van der Waals surface area contributed by atoms with Gasteiger partial charge in [-0.3, -0.25) is 9.36 Å². The van der Waals surface area contributed by atoms with E-state index < -0.39 is 0 Å². The van der Waals surface area contributed by atoms with E-state index in [9.17, 15) is 4.79 Å². The number of imidazole rings is 1. The van der Waals surface area contributed by atoms with Crippen molar-refractivity contribution in [2.45, 2.75) is 45.1 Å². The number of Topliss-reactive ketones (excluding diaryl/α,β-unsaturated/α-hetero) is 1. The summed E-state index contributed by atoms with van der Waals surface area (Å²) in [5.41, 5.74) is 1.11. The number of anilines is 1. The molecular weight excluding hydrogens is 366 g/mol. The highest BCUT2D eigenvalue weighted by molar-refractivity contribution is 7.12. The maximum Gasteiger partial charge on any atom is 0.220 e. The first-order chi connectivity index (χ1) is 13.8. The van der Waals surface area contributed by atoms with Gasteiger partial charge in [0.25, 0.3) is 0 Å². The first-order valence-electron chi connectivity index (χ1n) is 10.2. The van der Waals surface area contributed by atoms with Gasteiger partial charge in [-0.15, -0.1) is 11.3 Å². The van der Waals surface area contributed by atoms with Crippen LogP contribution in [0.2, 0.25) is 0 Å². The van der Waals surface area contributed by atoms with E-state index in [4.69, 9.17) is 0 Å². The lowest BCUT2D eigenvalue weighted by Crippen LogP contribution is -2.43. The van der Waals surface area contributed by atoms with Gasteiger partial charge in [0.2, 0.25) is 5.78 Å². The molecule has 28 heavy (non-hydrogen) atoms. The number of likely N-dealkylation sites (N-methyl/N-ethyl adjacent to an activating group) is 1. The number of nitrogens with zero attached hydrogens (tertiary/aromatic N) is 3. The first kappa shape index (κ1) is 18.9. The van der Waals surface area contributed by atoms with Crippen LogP contribution in [0.25, 0.3) is 5.00 Å². The average Bonchev–Trinajstić information content (AvgIpc) is 3.50. The number of carbonyl (C=O) groups is 1. The Morgan fingerprint density at radius 3 is 2.68 bits per heavy atom. The topological polar surface area (TPSA) is 38.1 Å². The number of hydrogen-bond donors (Lipinski definition) is 0. The Bertz CT molecular complexity index is 882. The molecule has 0 unspecified atom stereocenters. The van der Waals surface area contributed by atoms with Crippen LogP contribution in [0, 0.1) is 5.92 Å². The second-order valence-corrected chi connectivity index (χ2v) is 8.39. The second-order valence-electron chi connectivity index (χ2n) is 7.46. The molecule has 146 valence electrons. The summed E-state index contributed by atoms with van der Waals surface area (Å²) >= 11 is 1.62. The molecule has 4 nitrogen and oxygen atoms in total. The molecule has 0 N–H and O–H groups in total. The molecule has 0 bridgehead atoms. The number of thiophene rings is 1. The average molecular weight is 394 g/mol. The standard InChI is InChI=1S/C23H27N3OS/c1-2-25(19-11-4-3-5-12-19)20(17-18-9-6-7-10-18)22(27)23-24-14-15-26(23)21-13-8-16-28-21/h3-5,8,11-16,18,20H,2,6-7,9-10,17H2,1H3/t20-/m0/s1. The van der Waals surface area contributed by atoms with E-state index in [1.807, 2.05) is 46.5 Å². The van der Waals surface area contributed by atoms with E-state index in [2.05, 4.69) is 28.9 Å². The molecule has 1 aliphatic rings. The fraction of sp³-hybridized carbons (Fsp3) is 0.391. The van der Waals surface area contributed by atoms with Gasteiger partial charge in [0, 0.05) is 24.6 Å². The Labute approximate surface area is 170 Å². The van der Waals surface area contributed by atoms with Crippen LogP contribution in [0.15, 0.2) is 60.2 Å². The second kappa shape index (κ2) is 8.74. The predicted molar refractivity (Wildman–Crippen MR) is 116 cm³/mol. The molecular formula is C23H27N3OS. The summed E-state index contributed by atoms with van der Waals surface area (Å²) in [4.78, 5) is 20.5. The van der Waals surface area contributed by atoms with E-state index in [0.29, 0.717) is 11.7 Å². The molecule has 3 aromatic rings. The van der Waals surface area contributed by atoms with Crippen molar-refractivity contribution in [1.29, 1.82) is 0 Å². The van der Waals surface area contributed by atoms with Crippen molar-refractivity contribution in [2.75, 3.05) is 11.4 Å². The number of carbonyl (C=O) groups excluding carboxylic acids is 1. The maximum absolute atomic E-state index is 13.8. The van der Waals surface area contributed by atoms with E-state index in [0.717, 1.165) is 23.7 Å². The zero-order chi connectivity index (χ0) is 19.3. The van der Waals surface area contributed by atoms with Crippen molar-refractivity contribution in [3.8, 4) is 5.00 Å². The smallest absolute Gasteiger partial charge is 0.220 e. The number of para-hydroxylation sites is 1. The van der Waals surface area contributed by atoms with E-state index in [1.54, 1.807) is 17.5 Å². The quantitative estimate of drug-likeness (QED) is 0.468. The fourth-order valence-electron chi connectivity index (χ4n) is 4.36. The molecule has 1 atom stereocenters. The van der Waals surface area contributed by atoms with Crippen LogP contribution in [0.5, 0.6) is 0 Å². The molecule has 1 aliphatic carbocycles. The number of benzene rings is 1. The summed E-state index contributed by atoms with van der Waals surface area (Å²) in [7, 11) is 0. The van der Waals surface area contributed by atoms with Gasteiger partial charge in [-0.2, -0.15) is 0 Å². The first-order valence-corrected chi connectivity index (χ1v) is 11.1. The van der Waals surface area contributed by atoms with Crippen molar-refractivity contribution in [3.05, 3.63) is 66.1 Å². The van der Waals surface area contributed by atoms with Crippen molar-refractivity contribution in [1.82, 2.24) is 9.55 Å². The molecule has 2 aromatic heterocycles. The Balaban J connectivity index is 1.69. The number of hydrogen-bond acceptors (Lipinski definition) is 4. The van der Waals surface area contributed by atoms with Crippen LogP contribution in [0.4, 0.5) is 5.69 Å². The van der Waals surface area contributed by atoms with Crippen LogP contribution >= 0.6 is 11.3 Å². The molecule has 2 heterocycles. The highest BCUT2D eigenvalue weighted by Crippen LogP contribution is 2.32. The number of aromatic nitrogens is 2. The minimum absolute atomic E-state index is 0.121. The SMILES string of the molecule is CCN(c1ccccc1)[C@@H](CC1CCCC1)C(=O)c1nccn1-c1cccs1. The minimum Gasteiger partial charge on any atom is -0.361 e. The highest BCUT2D eigenvalue weighted by atomic mass is 32.1. The summed E-state index contributed by atoms with van der Waals surface area (Å²) in [6.07, 6.45) is 9.56. The molecule has 0 saturated heterocycles. The molecule has 4 rings (SSSR count). The van der Waals surface area contributed by atoms with Crippen LogP contribution in [0.1, 0.15) is 49.6 Å². The number of rotatable bonds is 8. The Hall–Kier alpha value is -2.40. The van der Waals surface area contributed by atoms with Crippen LogP contribution in [-0.4, -0.2) is 27.9 Å². The van der Waals surface area contributed by atoms with Gasteiger partial charge in [0.1, 0.15) is 5.00 Å². The van der Waals surface area contributed by atoms with Crippen molar-refractivity contribution >= 4 is 22.8 Å². The lowest BCUT2D eigenvalue weighted by atomic mass is 9.93. The van der Waals surface area contributed by atoms with Gasteiger partial charge in [-0.05, 0) is 48.9 Å². The third kappa shape index (κ3) is 3.90. The van der Waals surface area contributed by atoms with Crippen LogP contribution in [-0.2, 0) is 0 Å². The minimum atomic E-state index is -0.184. The Morgan fingerprint density at radius 2 is 2.00 bits per heavy atom. The zero-order valence-corrected chi connectivity index (χ0v) is 17.1. The summed E-state index contributed by atoms with van der Waals surface area (Å²) in [5, 5.41) is 3.06. The molecule has 1 aromatic carbocycles. The Kier molecular flexibility index (Phi) is 5.91. The van der Waals surface area contributed by atoms with E-state index in [1.165, 1.54) is 25.7 Å². The van der Waals surface area contributed by atoms with Gasteiger partial charge in [-0.25, -0.2) is 4.98 Å². The normalized spacial score (nSPS) is 15.6. The molecule has 0 spiro atoms.